The zero-order valence-corrected chi connectivity index (χ0v) is 18.3. The van der Waals surface area contributed by atoms with Gasteiger partial charge in [0.05, 0.1) is 23.4 Å². The van der Waals surface area contributed by atoms with Crippen molar-refractivity contribution in [2.45, 2.75) is 13.8 Å². The molecule has 8 heteroatoms. The van der Waals surface area contributed by atoms with Crippen LogP contribution in [-0.2, 0) is 9.59 Å². The molecule has 0 spiro atoms. The van der Waals surface area contributed by atoms with Gasteiger partial charge in [0, 0.05) is 0 Å². The van der Waals surface area contributed by atoms with Gasteiger partial charge in [0.25, 0.3) is 11.8 Å². The predicted octanol–water partition coefficient (Wildman–Crippen LogP) is 4.08. The Kier molecular flexibility index (Phi) is 6.66. The summed E-state index contributed by atoms with van der Waals surface area (Å²) in [5.41, 5.74) is 1.17. The van der Waals surface area contributed by atoms with Crippen LogP contribution in [0.25, 0.3) is 6.08 Å². The molecule has 2 amide bonds. The summed E-state index contributed by atoms with van der Waals surface area (Å²) in [5, 5.41) is 2.62. The van der Waals surface area contributed by atoms with E-state index in [1.807, 2.05) is 19.9 Å². The second-order valence-corrected chi connectivity index (χ2v) is 7.23. The summed E-state index contributed by atoms with van der Waals surface area (Å²) in [6, 6.07) is 12.4. The summed E-state index contributed by atoms with van der Waals surface area (Å²) >= 11 is 8.68. The number of carbonyl (C=O) groups excluding carboxylic acids is 2. The number of amides is 2. The van der Waals surface area contributed by atoms with Crippen LogP contribution in [0.3, 0.4) is 0 Å². The van der Waals surface area contributed by atoms with Crippen molar-refractivity contribution >= 4 is 56.8 Å². The van der Waals surface area contributed by atoms with E-state index in [2.05, 4.69) is 21.2 Å². The number of benzene rings is 2. The monoisotopic (exact) mass is 474 g/mol. The molecule has 1 aliphatic rings. The van der Waals surface area contributed by atoms with Crippen molar-refractivity contribution in [2.75, 3.05) is 18.1 Å². The van der Waals surface area contributed by atoms with Crippen molar-refractivity contribution in [3.05, 3.63) is 58.1 Å². The van der Waals surface area contributed by atoms with Crippen LogP contribution in [0.4, 0.5) is 5.69 Å². The number of ether oxygens (including phenoxy) is 2. The number of rotatable bonds is 6. The van der Waals surface area contributed by atoms with Crippen molar-refractivity contribution in [1.29, 1.82) is 0 Å². The molecule has 29 heavy (non-hydrogen) atoms. The molecule has 0 bridgehead atoms. The van der Waals surface area contributed by atoms with Gasteiger partial charge in [0.15, 0.2) is 16.6 Å². The highest BCUT2D eigenvalue weighted by molar-refractivity contribution is 9.10. The third kappa shape index (κ3) is 4.49. The van der Waals surface area contributed by atoms with Crippen LogP contribution in [0.2, 0.25) is 0 Å². The predicted molar refractivity (Wildman–Crippen MR) is 119 cm³/mol. The first-order chi connectivity index (χ1) is 14.0. The van der Waals surface area contributed by atoms with Crippen molar-refractivity contribution in [3.63, 3.8) is 0 Å². The molecule has 1 aliphatic heterocycles. The van der Waals surface area contributed by atoms with E-state index < -0.39 is 11.8 Å². The van der Waals surface area contributed by atoms with Crippen LogP contribution in [0.5, 0.6) is 11.5 Å². The fourth-order valence-electron chi connectivity index (χ4n) is 2.85. The molecule has 0 unspecified atom stereocenters. The topological polar surface area (TPSA) is 67.9 Å². The smallest absolute Gasteiger partial charge is 0.270 e. The number of carbonyl (C=O) groups is 2. The van der Waals surface area contributed by atoms with Gasteiger partial charge >= 0.3 is 0 Å². The van der Waals surface area contributed by atoms with Gasteiger partial charge in [-0.15, -0.1) is 0 Å². The maximum absolute atomic E-state index is 13.1. The quantitative estimate of drug-likeness (QED) is 0.388. The van der Waals surface area contributed by atoms with Crippen molar-refractivity contribution in [1.82, 2.24) is 5.32 Å². The van der Waals surface area contributed by atoms with Gasteiger partial charge in [-0.2, -0.15) is 0 Å². The van der Waals surface area contributed by atoms with Crippen molar-refractivity contribution in [3.8, 4) is 11.5 Å². The molecule has 1 fully saturated rings. The molecule has 150 valence electrons. The van der Waals surface area contributed by atoms with E-state index in [0.29, 0.717) is 40.4 Å². The summed E-state index contributed by atoms with van der Waals surface area (Å²) in [5.74, 6) is 0.0563. The Morgan fingerprint density at radius 2 is 1.79 bits per heavy atom. The molecule has 1 N–H and O–H groups in total. The maximum Gasteiger partial charge on any atom is 0.270 e. The largest absolute Gasteiger partial charge is 0.490 e. The lowest BCUT2D eigenvalue weighted by atomic mass is 10.1. The molecule has 2 aromatic carbocycles. The summed E-state index contributed by atoms with van der Waals surface area (Å²) in [6.07, 6.45) is 1.51. The lowest BCUT2D eigenvalue weighted by Crippen LogP contribution is -2.54. The van der Waals surface area contributed by atoms with Crippen LogP contribution >= 0.6 is 28.1 Å². The van der Waals surface area contributed by atoms with Crippen molar-refractivity contribution < 1.29 is 19.1 Å². The lowest BCUT2D eigenvalue weighted by molar-refractivity contribution is -0.122. The Balaban J connectivity index is 2.03. The normalized spacial score (nSPS) is 15.5. The van der Waals surface area contributed by atoms with Gasteiger partial charge in [-0.05, 0) is 77.9 Å². The summed E-state index contributed by atoms with van der Waals surface area (Å²) < 4.78 is 12.0. The molecule has 1 saturated heterocycles. The van der Waals surface area contributed by atoms with E-state index in [1.54, 1.807) is 36.4 Å². The number of nitrogens with one attached hydrogen (secondary N) is 1. The van der Waals surface area contributed by atoms with Gasteiger partial charge in [0.2, 0.25) is 0 Å². The fourth-order valence-corrected chi connectivity index (χ4v) is 3.71. The average Bonchev–Trinajstić information content (AvgIpc) is 2.69. The SMILES string of the molecule is CCOc1cc(/C=C2\C(=O)NC(=S)N(c3ccccc3)C2=O)cc(Br)c1OCC. The molecule has 0 saturated carbocycles. The minimum atomic E-state index is -0.546. The molecule has 3 rings (SSSR count). The van der Waals surface area contributed by atoms with Gasteiger partial charge in [-0.3, -0.25) is 19.8 Å². The Morgan fingerprint density at radius 3 is 2.45 bits per heavy atom. The minimum absolute atomic E-state index is 0.0269. The molecular formula is C21H19BrN2O4S. The number of halogens is 1. The first-order valence-corrected chi connectivity index (χ1v) is 10.2. The molecule has 0 aliphatic carbocycles. The van der Waals surface area contributed by atoms with E-state index in [4.69, 9.17) is 21.7 Å². The van der Waals surface area contributed by atoms with E-state index in [1.165, 1.54) is 11.0 Å². The molecule has 1 heterocycles. The van der Waals surface area contributed by atoms with E-state index in [-0.39, 0.29) is 10.7 Å². The molecular weight excluding hydrogens is 456 g/mol. The summed E-state index contributed by atoms with van der Waals surface area (Å²) in [6.45, 7) is 4.67. The number of anilines is 1. The van der Waals surface area contributed by atoms with Crippen LogP contribution in [0.15, 0.2) is 52.5 Å². The summed E-state index contributed by atoms with van der Waals surface area (Å²) in [4.78, 5) is 26.8. The maximum atomic E-state index is 13.1. The van der Waals surface area contributed by atoms with Gasteiger partial charge in [0.1, 0.15) is 5.57 Å². The molecule has 0 aromatic heterocycles. The van der Waals surface area contributed by atoms with E-state index >= 15 is 0 Å². The van der Waals surface area contributed by atoms with Crippen LogP contribution in [0, 0.1) is 0 Å². The average molecular weight is 475 g/mol. The Morgan fingerprint density at radius 1 is 1.10 bits per heavy atom. The van der Waals surface area contributed by atoms with Gasteiger partial charge < -0.3 is 9.47 Å². The fraction of sp³-hybridized carbons (Fsp3) is 0.190. The third-order valence-electron chi connectivity index (χ3n) is 4.05. The summed E-state index contributed by atoms with van der Waals surface area (Å²) in [7, 11) is 0. The lowest BCUT2D eigenvalue weighted by Gasteiger charge is -2.28. The van der Waals surface area contributed by atoms with Gasteiger partial charge in [-0.1, -0.05) is 18.2 Å². The molecule has 2 aromatic rings. The number of hydrogen-bond donors (Lipinski definition) is 1. The zero-order valence-electron chi connectivity index (χ0n) is 15.9. The Hall–Kier alpha value is -2.71. The highest BCUT2D eigenvalue weighted by Crippen LogP contribution is 2.37. The van der Waals surface area contributed by atoms with Gasteiger partial charge in [-0.25, -0.2) is 0 Å². The standard InChI is InChI=1S/C21H19BrN2O4S/c1-3-27-17-12-13(11-16(22)18(17)28-4-2)10-15-19(25)23-21(29)24(20(15)26)14-8-6-5-7-9-14/h5-12H,3-4H2,1-2H3,(H,23,25,29)/b15-10+. The third-order valence-corrected chi connectivity index (χ3v) is 4.92. The first kappa shape index (κ1) is 21.0. The van der Waals surface area contributed by atoms with Crippen molar-refractivity contribution in [2.24, 2.45) is 0 Å². The number of para-hydroxylation sites is 1. The molecule has 0 atom stereocenters. The minimum Gasteiger partial charge on any atom is -0.490 e. The van der Waals surface area contributed by atoms with Crippen LogP contribution in [0.1, 0.15) is 19.4 Å². The second-order valence-electron chi connectivity index (χ2n) is 5.99. The van der Waals surface area contributed by atoms with E-state index in [9.17, 15) is 9.59 Å². The van der Waals surface area contributed by atoms with Crippen LogP contribution < -0.4 is 19.7 Å². The molecule has 6 nitrogen and oxygen atoms in total. The molecule has 0 radical (unpaired) electrons. The highest BCUT2D eigenvalue weighted by Gasteiger charge is 2.34. The Labute approximate surface area is 182 Å². The highest BCUT2D eigenvalue weighted by atomic mass is 79.9. The van der Waals surface area contributed by atoms with Crippen LogP contribution in [-0.4, -0.2) is 30.1 Å². The Bertz CT molecular complexity index is 992. The number of hydrogen-bond acceptors (Lipinski definition) is 5. The second kappa shape index (κ2) is 9.19. The zero-order chi connectivity index (χ0) is 21.0. The number of thiocarbonyl (C=S) groups is 1. The first-order valence-electron chi connectivity index (χ1n) is 9.01. The van der Waals surface area contributed by atoms with E-state index in [0.717, 1.165) is 0 Å². The number of nitrogens with zero attached hydrogens (tertiary/aromatic N) is 1.